The van der Waals surface area contributed by atoms with Crippen LogP contribution in [0.2, 0.25) is 0 Å². The summed E-state index contributed by atoms with van der Waals surface area (Å²) in [5.74, 6) is -1.09. The van der Waals surface area contributed by atoms with Gasteiger partial charge in [0.1, 0.15) is 5.69 Å². The molecule has 116 valence electrons. The van der Waals surface area contributed by atoms with Gasteiger partial charge in [0.15, 0.2) is 0 Å². The van der Waals surface area contributed by atoms with Crippen molar-refractivity contribution in [2.75, 3.05) is 13.2 Å². The van der Waals surface area contributed by atoms with Gasteiger partial charge in [-0.15, -0.1) is 0 Å². The van der Waals surface area contributed by atoms with E-state index in [0.717, 1.165) is 5.56 Å². The Morgan fingerprint density at radius 2 is 1.59 bits per heavy atom. The smallest absolute Gasteiger partial charge is 0.355 e. The molecule has 2 aromatic rings. The first-order chi connectivity index (χ1) is 10.6. The first kappa shape index (κ1) is 15.8. The van der Waals surface area contributed by atoms with Gasteiger partial charge in [0.25, 0.3) is 0 Å². The highest BCUT2D eigenvalue weighted by Gasteiger charge is 2.27. The summed E-state index contributed by atoms with van der Waals surface area (Å²) in [5.41, 5.74) is 2.65. The second-order valence-electron chi connectivity index (χ2n) is 4.68. The van der Waals surface area contributed by atoms with Crippen LogP contribution in [0.25, 0.3) is 11.3 Å². The first-order valence-electron chi connectivity index (χ1n) is 7.22. The summed E-state index contributed by atoms with van der Waals surface area (Å²) in [6.07, 6.45) is 0. The van der Waals surface area contributed by atoms with E-state index in [1.807, 2.05) is 30.3 Å². The third kappa shape index (κ3) is 3.03. The number of carbonyl (C=O) groups excluding carboxylic acids is 2. The van der Waals surface area contributed by atoms with Crippen molar-refractivity contribution < 1.29 is 19.1 Å². The largest absolute Gasteiger partial charge is 0.462 e. The molecule has 2 rings (SSSR count). The molecule has 0 spiro atoms. The topological polar surface area (TPSA) is 68.4 Å². The number of esters is 2. The standard InChI is InChI=1S/C17H19NO4/c1-4-21-16(19)13-11(3)14(12-9-7-6-8-10-12)18-15(13)17(20)22-5-2/h6-10,18H,4-5H2,1-3H3. The monoisotopic (exact) mass is 301 g/mol. The van der Waals surface area contributed by atoms with Gasteiger partial charge in [0, 0.05) is 5.69 Å². The molecule has 5 heteroatoms. The highest BCUT2D eigenvalue weighted by molar-refractivity contribution is 6.05. The average Bonchev–Trinajstić information content (AvgIpc) is 2.86. The van der Waals surface area contributed by atoms with Crippen LogP contribution in [0.4, 0.5) is 0 Å². The molecule has 0 atom stereocenters. The summed E-state index contributed by atoms with van der Waals surface area (Å²) in [5, 5.41) is 0. The predicted molar refractivity (Wildman–Crippen MR) is 82.9 cm³/mol. The quantitative estimate of drug-likeness (QED) is 0.860. The molecular weight excluding hydrogens is 282 g/mol. The van der Waals surface area contributed by atoms with Gasteiger partial charge < -0.3 is 14.5 Å². The van der Waals surface area contributed by atoms with E-state index in [0.29, 0.717) is 11.3 Å². The van der Waals surface area contributed by atoms with Crippen LogP contribution in [-0.2, 0) is 9.47 Å². The van der Waals surface area contributed by atoms with Gasteiger partial charge in [0.05, 0.1) is 18.8 Å². The number of rotatable bonds is 5. The fourth-order valence-corrected chi connectivity index (χ4v) is 2.30. The lowest BCUT2D eigenvalue weighted by Crippen LogP contribution is -2.13. The average molecular weight is 301 g/mol. The van der Waals surface area contributed by atoms with Gasteiger partial charge in [0.2, 0.25) is 0 Å². The second-order valence-corrected chi connectivity index (χ2v) is 4.68. The number of nitrogens with one attached hydrogen (secondary N) is 1. The minimum atomic E-state index is -0.559. The van der Waals surface area contributed by atoms with Gasteiger partial charge in [-0.05, 0) is 31.9 Å². The van der Waals surface area contributed by atoms with Crippen molar-refractivity contribution in [2.45, 2.75) is 20.8 Å². The highest BCUT2D eigenvalue weighted by atomic mass is 16.5. The van der Waals surface area contributed by atoms with Crippen LogP contribution in [0.1, 0.15) is 40.3 Å². The van der Waals surface area contributed by atoms with E-state index in [2.05, 4.69) is 4.98 Å². The molecule has 0 fully saturated rings. The van der Waals surface area contributed by atoms with E-state index in [1.54, 1.807) is 20.8 Å². The lowest BCUT2D eigenvalue weighted by Gasteiger charge is -2.04. The Labute approximate surface area is 129 Å². The normalized spacial score (nSPS) is 10.3. The summed E-state index contributed by atoms with van der Waals surface area (Å²) in [4.78, 5) is 27.3. The number of H-pyrrole nitrogens is 1. The SMILES string of the molecule is CCOC(=O)c1[nH]c(-c2ccccc2)c(C)c1C(=O)OCC. The Balaban J connectivity index is 2.56. The molecule has 0 saturated carbocycles. The maximum absolute atomic E-state index is 12.2. The predicted octanol–water partition coefficient (Wildman–Crippen LogP) is 3.34. The number of carbonyl (C=O) groups is 2. The molecule has 22 heavy (non-hydrogen) atoms. The molecule has 0 aliphatic rings. The lowest BCUT2D eigenvalue weighted by atomic mass is 10.1. The molecule has 0 radical (unpaired) electrons. The Morgan fingerprint density at radius 1 is 1.00 bits per heavy atom. The first-order valence-corrected chi connectivity index (χ1v) is 7.22. The van der Waals surface area contributed by atoms with Crippen LogP contribution >= 0.6 is 0 Å². The van der Waals surface area contributed by atoms with Crippen LogP contribution in [0, 0.1) is 6.92 Å². The Kier molecular flexibility index (Phi) is 4.99. The van der Waals surface area contributed by atoms with E-state index >= 15 is 0 Å². The number of hydrogen-bond acceptors (Lipinski definition) is 4. The molecule has 1 N–H and O–H groups in total. The molecule has 1 aromatic carbocycles. The fourth-order valence-electron chi connectivity index (χ4n) is 2.30. The summed E-state index contributed by atoms with van der Waals surface area (Å²) >= 11 is 0. The molecule has 0 bridgehead atoms. The molecular formula is C17H19NO4. The number of hydrogen-bond donors (Lipinski definition) is 1. The van der Waals surface area contributed by atoms with Crippen LogP contribution < -0.4 is 0 Å². The number of ether oxygens (including phenoxy) is 2. The van der Waals surface area contributed by atoms with Gasteiger partial charge >= 0.3 is 11.9 Å². The Hall–Kier alpha value is -2.56. The van der Waals surface area contributed by atoms with Crippen molar-refractivity contribution in [1.29, 1.82) is 0 Å². The molecule has 0 saturated heterocycles. The third-order valence-electron chi connectivity index (χ3n) is 3.27. The van der Waals surface area contributed by atoms with Crippen LogP contribution in [0.3, 0.4) is 0 Å². The molecule has 0 aliphatic carbocycles. The number of aromatic nitrogens is 1. The summed E-state index contributed by atoms with van der Waals surface area (Å²) in [6.45, 7) is 5.71. The van der Waals surface area contributed by atoms with Gasteiger partial charge in [-0.25, -0.2) is 9.59 Å². The zero-order chi connectivity index (χ0) is 16.1. The second kappa shape index (κ2) is 6.93. The third-order valence-corrected chi connectivity index (χ3v) is 3.27. The summed E-state index contributed by atoms with van der Waals surface area (Å²) in [6, 6.07) is 9.50. The number of benzene rings is 1. The minimum Gasteiger partial charge on any atom is -0.462 e. The lowest BCUT2D eigenvalue weighted by molar-refractivity contribution is 0.0475. The van der Waals surface area contributed by atoms with Crippen LogP contribution in [-0.4, -0.2) is 30.1 Å². The van der Waals surface area contributed by atoms with E-state index in [-0.39, 0.29) is 24.5 Å². The van der Waals surface area contributed by atoms with Gasteiger partial charge in [-0.3, -0.25) is 0 Å². The van der Waals surface area contributed by atoms with Crippen LogP contribution in [0.15, 0.2) is 30.3 Å². The highest BCUT2D eigenvalue weighted by Crippen LogP contribution is 2.28. The fraction of sp³-hybridized carbons (Fsp3) is 0.294. The van der Waals surface area contributed by atoms with Gasteiger partial charge in [-0.2, -0.15) is 0 Å². The molecule has 1 heterocycles. The Bertz CT molecular complexity index is 673. The zero-order valence-corrected chi connectivity index (χ0v) is 12.9. The number of aromatic amines is 1. The van der Waals surface area contributed by atoms with E-state index in [1.165, 1.54) is 0 Å². The molecule has 0 unspecified atom stereocenters. The maximum atomic E-state index is 12.2. The van der Waals surface area contributed by atoms with Crippen molar-refractivity contribution in [3.63, 3.8) is 0 Å². The van der Waals surface area contributed by atoms with Crippen molar-refractivity contribution in [3.05, 3.63) is 47.2 Å². The molecule has 5 nitrogen and oxygen atoms in total. The van der Waals surface area contributed by atoms with Crippen LogP contribution in [0.5, 0.6) is 0 Å². The van der Waals surface area contributed by atoms with E-state index in [9.17, 15) is 9.59 Å². The van der Waals surface area contributed by atoms with E-state index < -0.39 is 11.9 Å². The van der Waals surface area contributed by atoms with Crippen molar-refractivity contribution in [1.82, 2.24) is 4.98 Å². The van der Waals surface area contributed by atoms with Gasteiger partial charge in [-0.1, -0.05) is 30.3 Å². The van der Waals surface area contributed by atoms with Crippen molar-refractivity contribution in [3.8, 4) is 11.3 Å². The van der Waals surface area contributed by atoms with Crippen molar-refractivity contribution >= 4 is 11.9 Å². The molecule has 1 aromatic heterocycles. The zero-order valence-electron chi connectivity index (χ0n) is 12.9. The summed E-state index contributed by atoms with van der Waals surface area (Å²) < 4.78 is 10.1. The maximum Gasteiger partial charge on any atom is 0.355 e. The van der Waals surface area contributed by atoms with Crippen molar-refractivity contribution in [2.24, 2.45) is 0 Å². The van der Waals surface area contributed by atoms with E-state index in [4.69, 9.17) is 9.47 Å². The minimum absolute atomic E-state index is 0.136. The molecule has 0 amide bonds. The Morgan fingerprint density at radius 3 is 2.18 bits per heavy atom. The summed E-state index contributed by atoms with van der Waals surface area (Å²) in [7, 11) is 0. The molecule has 0 aliphatic heterocycles.